The largest absolute Gasteiger partial charge is 0.345 e. The van der Waals surface area contributed by atoms with E-state index in [9.17, 15) is 4.79 Å². The van der Waals surface area contributed by atoms with E-state index in [4.69, 9.17) is 0 Å². The summed E-state index contributed by atoms with van der Waals surface area (Å²) in [5, 5.41) is 12.6. The number of rotatable bonds is 3. The minimum absolute atomic E-state index is 0.0293. The van der Waals surface area contributed by atoms with Crippen molar-refractivity contribution >= 4 is 22.5 Å². The van der Waals surface area contributed by atoms with Gasteiger partial charge >= 0.3 is 6.03 Å². The molecule has 2 amide bonds. The lowest BCUT2D eigenvalue weighted by Gasteiger charge is -2.34. The lowest BCUT2D eigenvalue weighted by atomic mass is 10.3. The van der Waals surface area contributed by atoms with Crippen molar-refractivity contribution in [2.45, 2.75) is 6.54 Å². The van der Waals surface area contributed by atoms with Gasteiger partial charge in [0.2, 0.25) is 0 Å². The Balaban J connectivity index is 1.46. The van der Waals surface area contributed by atoms with Crippen LogP contribution in [-0.2, 0) is 6.54 Å². The highest BCUT2D eigenvalue weighted by Gasteiger charge is 2.22. The van der Waals surface area contributed by atoms with E-state index >= 15 is 0 Å². The number of nitrogens with one attached hydrogen (secondary N) is 2. The first-order valence-electron chi connectivity index (χ1n) is 6.48. The third-order valence-electron chi connectivity index (χ3n) is 3.25. The van der Waals surface area contributed by atoms with Crippen LogP contribution in [0.2, 0.25) is 0 Å². The number of aromatic amines is 1. The Morgan fingerprint density at radius 1 is 1.35 bits per heavy atom. The molecule has 0 spiro atoms. The van der Waals surface area contributed by atoms with Crippen molar-refractivity contribution in [3.63, 3.8) is 0 Å². The summed E-state index contributed by atoms with van der Waals surface area (Å²) in [6.45, 7) is 3.56. The maximum atomic E-state index is 12.0. The molecule has 7 nitrogen and oxygen atoms in total. The zero-order valence-corrected chi connectivity index (χ0v) is 11.8. The molecular formula is C12H16N6OS. The number of thiazole rings is 1. The van der Waals surface area contributed by atoms with Crippen LogP contribution in [0.15, 0.2) is 23.8 Å². The lowest BCUT2D eigenvalue weighted by molar-refractivity contribution is 0.194. The highest BCUT2D eigenvalue weighted by Crippen LogP contribution is 2.18. The van der Waals surface area contributed by atoms with Gasteiger partial charge in [-0.1, -0.05) is 0 Å². The fourth-order valence-electron chi connectivity index (χ4n) is 2.14. The number of H-pyrrole nitrogens is 1. The Bertz CT molecular complexity index is 532. The summed E-state index contributed by atoms with van der Waals surface area (Å²) in [5.74, 6) is 0. The zero-order chi connectivity index (χ0) is 13.8. The summed E-state index contributed by atoms with van der Waals surface area (Å²) in [6.07, 6.45) is 3.48. The summed E-state index contributed by atoms with van der Waals surface area (Å²) in [4.78, 5) is 20.4. The van der Waals surface area contributed by atoms with Crippen LogP contribution in [0.4, 0.5) is 9.93 Å². The maximum absolute atomic E-state index is 12.0. The number of piperazine rings is 1. The van der Waals surface area contributed by atoms with Crippen molar-refractivity contribution in [2.75, 3.05) is 31.1 Å². The van der Waals surface area contributed by atoms with Crippen LogP contribution in [0, 0.1) is 0 Å². The van der Waals surface area contributed by atoms with Gasteiger partial charge in [-0.25, -0.2) is 9.78 Å². The molecule has 1 aliphatic rings. The SMILES string of the molecule is O=C(NCc1ccn[nH]1)N1CCN(c2nccs2)CC1. The van der Waals surface area contributed by atoms with E-state index in [0.717, 1.165) is 23.9 Å². The second-order valence-corrected chi connectivity index (χ2v) is 5.40. The van der Waals surface area contributed by atoms with Gasteiger partial charge in [0.25, 0.3) is 0 Å². The predicted octanol–water partition coefficient (Wildman–Crippen LogP) is 0.898. The van der Waals surface area contributed by atoms with Crippen molar-refractivity contribution in [1.82, 2.24) is 25.4 Å². The highest BCUT2D eigenvalue weighted by atomic mass is 32.1. The minimum atomic E-state index is -0.0293. The molecule has 0 unspecified atom stereocenters. The van der Waals surface area contributed by atoms with Crippen LogP contribution in [0.3, 0.4) is 0 Å². The monoisotopic (exact) mass is 292 g/mol. The van der Waals surface area contributed by atoms with Gasteiger partial charge in [0.1, 0.15) is 0 Å². The molecule has 0 aliphatic carbocycles. The molecule has 8 heteroatoms. The number of hydrogen-bond donors (Lipinski definition) is 2. The van der Waals surface area contributed by atoms with Crippen LogP contribution in [0.25, 0.3) is 0 Å². The molecule has 1 fully saturated rings. The van der Waals surface area contributed by atoms with Gasteiger partial charge in [-0.15, -0.1) is 11.3 Å². The van der Waals surface area contributed by atoms with Crippen LogP contribution >= 0.6 is 11.3 Å². The molecule has 2 aromatic rings. The second kappa shape index (κ2) is 5.91. The van der Waals surface area contributed by atoms with E-state index in [-0.39, 0.29) is 6.03 Å². The summed E-state index contributed by atoms with van der Waals surface area (Å²) < 4.78 is 0. The predicted molar refractivity (Wildman–Crippen MR) is 76.7 cm³/mol. The molecule has 3 rings (SSSR count). The number of aromatic nitrogens is 3. The average molecular weight is 292 g/mol. The molecule has 2 aromatic heterocycles. The summed E-state index contributed by atoms with van der Waals surface area (Å²) >= 11 is 1.63. The van der Waals surface area contributed by atoms with Gasteiger partial charge in [-0.2, -0.15) is 5.10 Å². The Morgan fingerprint density at radius 3 is 2.85 bits per heavy atom. The van der Waals surface area contributed by atoms with Crippen molar-refractivity contribution in [1.29, 1.82) is 0 Å². The van der Waals surface area contributed by atoms with E-state index in [0.29, 0.717) is 19.6 Å². The van der Waals surface area contributed by atoms with Gasteiger partial charge in [-0.05, 0) is 6.07 Å². The lowest BCUT2D eigenvalue weighted by Crippen LogP contribution is -2.51. The Labute approximate surface area is 120 Å². The maximum Gasteiger partial charge on any atom is 0.317 e. The number of amides is 2. The fourth-order valence-corrected chi connectivity index (χ4v) is 2.84. The average Bonchev–Trinajstić information content (AvgIpc) is 3.18. The first-order chi connectivity index (χ1) is 9.83. The van der Waals surface area contributed by atoms with Gasteiger partial charge in [0.05, 0.1) is 12.2 Å². The van der Waals surface area contributed by atoms with E-state index in [1.54, 1.807) is 17.5 Å². The van der Waals surface area contributed by atoms with Gasteiger partial charge < -0.3 is 15.1 Å². The van der Waals surface area contributed by atoms with Crippen LogP contribution in [0.1, 0.15) is 5.69 Å². The first-order valence-corrected chi connectivity index (χ1v) is 7.36. The summed E-state index contributed by atoms with van der Waals surface area (Å²) in [7, 11) is 0. The molecule has 1 saturated heterocycles. The Hall–Kier alpha value is -2.09. The van der Waals surface area contributed by atoms with E-state index in [1.807, 2.05) is 22.5 Å². The van der Waals surface area contributed by atoms with Crippen molar-refractivity contribution < 1.29 is 4.79 Å². The topological polar surface area (TPSA) is 77.2 Å². The smallest absolute Gasteiger partial charge is 0.317 e. The molecule has 0 aromatic carbocycles. The van der Waals surface area contributed by atoms with E-state index in [2.05, 4.69) is 25.4 Å². The van der Waals surface area contributed by atoms with Crippen molar-refractivity contribution in [2.24, 2.45) is 0 Å². The Morgan fingerprint density at radius 2 is 2.20 bits per heavy atom. The van der Waals surface area contributed by atoms with Crippen molar-refractivity contribution in [3.05, 3.63) is 29.5 Å². The first kappa shape index (κ1) is 12.9. The highest BCUT2D eigenvalue weighted by molar-refractivity contribution is 7.13. The fraction of sp³-hybridized carbons (Fsp3) is 0.417. The molecule has 0 saturated carbocycles. The summed E-state index contributed by atoms with van der Waals surface area (Å²) in [6, 6.07) is 1.82. The number of anilines is 1. The molecule has 1 aliphatic heterocycles. The van der Waals surface area contributed by atoms with Crippen molar-refractivity contribution in [3.8, 4) is 0 Å². The van der Waals surface area contributed by atoms with E-state index < -0.39 is 0 Å². The molecule has 3 heterocycles. The number of nitrogens with zero attached hydrogens (tertiary/aromatic N) is 4. The minimum Gasteiger partial charge on any atom is -0.345 e. The van der Waals surface area contributed by atoms with Crippen LogP contribution in [-0.4, -0.2) is 52.3 Å². The third kappa shape index (κ3) is 2.90. The normalized spacial score (nSPS) is 15.4. The zero-order valence-electron chi connectivity index (χ0n) is 11.0. The van der Waals surface area contributed by atoms with Gasteiger partial charge in [0, 0.05) is 44.0 Å². The summed E-state index contributed by atoms with van der Waals surface area (Å²) in [5.41, 5.74) is 0.903. The molecule has 0 radical (unpaired) electrons. The number of carbonyl (C=O) groups is 1. The molecule has 2 N–H and O–H groups in total. The number of carbonyl (C=O) groups excluding carboxylic acids is 1. The van der Waals surface area contributed by atoms with Crippen LogP contribution in [0.5, 0.6) is 0 Å². The van der Waals surface area contributed by atoms with E-state index in [1.165, 1.54) is 0 Å². The second-order valence-electron chi connectivity index (χ2n) is 4.53. The molecular weight excluding hydrogens is 276 g/mol. The number of hydrogen-bond acceptors (Lipinski definition) is 5. The Kier molecular flexibility index (Phi) is 3.82. The van der Waals surface area contributed by atoms with Gasteiger partial charge in [-0.3, -0.25) is 5.10 Å². The number of urea groups is 1. The third-order valence-corrected chi connectivity index (χ3v) is 4.08. The molecule has 0 atom stereocenters. The molecule has 106 valence electrons. The quantitative estimate of drug-likeness (QED) is 0.881. The van der Waals surface area contributed by atoms with Crippen LogP contribution < -0.4 is 10.2 Å². The van der Waals surface area contributed by atoms with Gasteiger partial charge in [0.15, 0.2) is 5.13 Å². The molecule has 20 heavy (non-hydrogen) atoms. The molecule has 0 bridgehead atoms. The standard InChI is InChI=1S/C12H16N6OS/c19-11(14-9-10-1-2-15-16-10)17-4-6-18(7-5-17)12-13-3-8-20-12/h1-3,8H,4-7,9H2,(H,14,19)(H,15,16).